The molecule has 4 N–H and O–H groups in total. The lowest BCUT2D eigenvalue weighted by Gasteiger charge is -1.80. The highest BCUT2D eigenvalue weighted by atomic mass is 35.5. The van der Waals surface area contributed by atoms with E-state index >= 15 is 0 Å². The van der Waals surface area contributed by atoms with Crippen LogP contribution in [0.5, 0.6) is 0 Å². The number of H-pyrrole nitrogens is 1. The third-order valence-corrected chi connectivity index (χ3v) is 0.832. The molecule has 4 nitrogen and oxygen atoms in total. The number of Topliss-reactive ketones (excluding diaryl/α,β-unsaturated/α-hetero) is 1. The van der Waals surface area contributed by atoms with Crippen LogP contribution in [0.15, 0.2) is 12.4 Å². The van der Waals surface area contributed by atoms with E-state index in [2.05, 4.69) is 9.97 Å². The summed E-state index contributed by atoms with van der Waals surface area (Å²) in [5.41, 5.74) is 0. The summed E-state index contributed by atoms with van der Waals surface area (Å²) >= 11 is 0. The number of aromatic amines is 1. The van der Waals surface area contributed by atoms with Crippen molar-refractivity contribution in [1.29, 1.82) is 0 Å². The Bertz CT molecular complexity index is 185. The molecule has 0 aliphatic carbocycles. The van der Waals surface area contributed by atoms with Gasteiger partial charge in [-0.2, -0.15) is 0 Å². The Balaban J connectivity index is 0. The number of aromatic nitrogens is 2. The fraction of sp³-hybridized carbons (Fsp3) is 0.200. The number of carbonyl (C=O) groups is 1. The maximum atomic E-state index is 10.4. The lowest BCUT2D eigenvalue weighted by atomic mass is 10.4. The van der Waals surface area contributed by atoms with Gasteiger partial charge in [-0.1, -0.05) is 0 Å². The highest BCUT2D eigenvalue weighted by Crippen LogP contribution is 1.86. The Kier molecular flexibility index (Phi) is 5.89. The SMILES string of the molecule is CC(=O)c1ncc[nH]1.Cl.N. The third kappa shape index (κ3) is 2.61. The minimum Gasteiger partial charge on any atom is -0.344 e. The zero-order chi connectivity index (χ0) is 5.98. The fourth-order valence-electron chi connectivity index (χ4n) is 0.458. The first-order valence-corrected chi connectivity index (χ1v) is 2.31. The molecule has 0 amide bonds. The van der Waals surface area contributed by atoms with Crippen molar-refractivity contribution in [3.63, 3.8) is 0 Å². The molecule has 0 bridgehead atoms. The van der Waals surface area contributed by atoms with E-state index < -0.39 is 0 Å². The van der Waals surface area contributed by atoms with Gasteiger partial charge in [0.15, 0.2) is 11.6 Å². The van der Waals surface area contributed by atoms with Gasteiger partial charge in [-0.15, -0.1) is 12.4 Å². The van der Waals surface area contributed by atoms with Gasteiger partial charge < -0.3 is 11.1 Å². The number of rotatable bonds is 1. The lowest BCUT2D eigenvalue weighted by Crippen LogP contribution is -1.92. The Labute approximate surface area is 65.0 Å². The van der Waals surface area contributed by atoms with Gasteiger partial charge in [-0.25, -0.2) is 4.98 Å². The number of hydrogen-bond acceptors (Lipinski definition) is 3. The summed E-state index contributed by atoms with van der Waals surface area (Å²) in [4.78, 5) is 16.8. The van der Waals surface area contributed by atoms with Crippen molar-refractivity contribution in [3.8, 4) is 0 Å². The minimum atomic E-state index is -0.0324. The van der Waals surface area contributed by atoms with E-state index in [0.717, 1.165) is 0 Å². The maximum absolute atomic E-state index is 10.4. The highest BCUT2D eigenvalue weighted by Gasteiger charge is 1.96. The summed E-state index contributed by atoms with van der Waals surface area (Å²) < 4.78 is 0. The number of imidazole rings is 1. The van der Waals surface area contributed by atoms with Crippen molar-refractivity contribution in [2.45, 2.75) is 6.92 Å². The van der Waals surface area contributed by atoms with Crippen LogP contribution in [-0.4, -0.2) is 15.8 Å². The zero-order valence-electron chi connectivity index (χ0n) is 5.63. The van der Waals surface area contributed by atoms with Crippen LogP contribution in [0.3, 0.4) is 0 Å². The first-order chi connectivity index (χ1) is 3.80. The van der Waals surface area contributed by atoms with Crippen molar-refractivity contribution in [1.82, 2.24) is 16.1 Å². The second-order valence-electron chi connectivity index (χ2n) is 1.49. The van der Waals surface area contributed by atoms with Crippen LogP contribution < -0.4 is 6.15 Å². The molecule has 1 aromatic rings. The standard InChI is InChI=1S/C5H6N2O.ClH.H3N/c1-4(8)5-6-2-3-7-5;;/h2-3H,1H3,(H,6,7);1H;1H3. The van der Waals surface area contributed by atoms with Gasteiger partial charge in [0.2, 0.25) is 0 Å². The van der Waals surface area contributed by atoms with Crippen LogP contribution in [0.2, 0.25) is 0 Å². The van der Waals surface area contributed by atoms with Gasteiger partial charge in [0.25, 0.3) is 0 Å². The number of halogens is 1. The van der Waals surface area contributed by atoms with E-state index in [1.165, 1.54) is 6.92 Å². The van der Waals surface area contributed by atoms with E-state index in [0.29, 0.717) is 5.82 Å². The average Bonchev–Trinajstić information content (AvgIpc) is 2.12. The molecule has 0 fully saturated rings. The number of nitrogens with one attached hydrogen (secondary N) is 1. The molecular formula is C5H10ClN3O. The normalized spacial score (nSPS) is 7.30. The molecular weight excluding hydrogens is 154 g/mol. The van der Waals surface area contributed by atoms with E-state index in [9.17, 15) is 4.79 Å². The first-order valence-electron chi connectivity index (χ1n) is 2.31. The summed E-state index contributed by atoms with van der Waals surface area (Å²) in [6.07, 6.45) is 3.17. The molecule has 0 aromatic carbocycles. The Morgan fingerprint density at radius 1 is 1.70 bits per heavy atom. The second kappa shape index (κ2) is 4.96. The topological polar surface area (TPSA) is 80.8 Å². The van der Waals surface area contributed by atoms with E-state index in [4.69, 9.17) is 0 Å². The van der Waals surface area contributed by atoms with E-state index in [-0.39, 0.29) is 24.3 Å². The van der Waals surface area contributed by atoms with Crippen LogP contribution in [0.4, 0.5) is 0 Å². The molecule has 1 aromatic heterocycles. The van der Waals surface area contributed by atoms with Crippen LogP contribution in [0, 0.1) is 0 Å². The molecule has 0 spiro atoms. The van der Waals surface area contributed by atoms with Crippen molar-refractivity contribution >= 4 is 18.2 Å². The number of carbonyl (C=O) groups excluding carboxylic acids is 1. The number of hydrogen-bond donors (Lipinski definition) is 2. The summed E-state index contributed by atoms with van der Waals surface area (Å²) in [5.74, 6) is 0.389. The van der Waals surface area contributed by atoms with Gasteiger partial charge in [0.1, 0.15) is 0 Å². The van der Waals surface area contributed by atoms with E-state index in [1.54, 1.807) is 12.4 Å². The molecule has 0 unspecified atom stereocenters. The molecule has 0 radical (unpaired) electrons. The Morgan fingerprint density at radius 2 is 2.30 bits per heavy atom. The number of nitrogens with zero attached hydrogens (tertiary/aromatic N) is 1. The number of ketones is 1. The Hall–Kier alpha value is -0.870. The van der Waals surface area contributed by atoms with Crippen molar-refractivity contribution < 1.29 is 4.79 Å². The average molecular weight is 164 g/mol. The second-order valence-corrected chi connectivity index (χ2v) is 1.49. The molecule has 1 rings (SSSR count). The smallest absolute Gasteiger partial charge is 0.194 e. The monoisotopic (exact) mass is 163 g/mol. The van der Waals surface area contributed by atoms with Crippen molar-refractivity contribution in [2.24, 2.45) is 0 Å². The molecule has 0 atom stereocenters. The molecule has 58 valence electrons. The summed E-state index contributed by atoms with van der Waals surface area (Å²) in [7, 11) is 0. The van der Waals surface area contributed by atoms with Crippen LogP contribution in [0.25, 0.3) is 0 Å². The van der Waals surface area contributed by atoms with Gasteiger partial charge in [0, 0.05) is 19.3 Å². The highest BCUT2D eigenvalue weighted by molar-refractivity contribution is 5.90. The summed E-state index contributed by atoms with van der Waals surface area (Å²) in [5, 5.41) is 0. The van der Waals surface area contributed by atoms with Crippen LogP contribution >= 0.6 is 12.4 Å². The van der Waals surface area contributed by atoms with Crippen molar-refractivity contribution in [2.75, 3.05) is 0 Å². The van der Waals surface area contributed by atoms with Gasteiger partial charge in [-0.05, 0) is 0 Å². The van der Waals surface area contributed by atoms with Gasteiger partial charge >= 0.3 is 0 Å². The van der Waals surface area contributed by atoms with Gasteiger partial charge in [-0.3, -0.25) is 4.79 Å². The summed E-state index contributed by atoms with van der Waals surface area (Å²) in [6, 6.07) is 0. The summed E-state index contributed by atoms with van der Waals surface area (Å²) in [6.45, 7) is 1.47. The molecule has 0 aliphatic rings. The lowest BCUT2D eigenvalue weighted by molar-refractivity contribution is 0.100. The largest absolute Gasteiger partial charge is 0.344 e. The molecule has 0 saturated heterocycles. The zero-order valence-corrected chi connectivity index (χ0v) is 6.44. The first kappa shape index (κ1) is 11.9. The Morgan fingerprint density at radius 3 is 2.50 bits per heavy atom. The van der Waals surface area contributed by atoms with Gasteiger partial charge in [0.05, 0.1) is 0 Å². The maximum Gasteiger partial charge on any atom is 0.194 e. The molecule has 10 heavy (non-hydrogen) atoms. The molecule has 1 heterocycles. The fourth-order valence-corrected chi connectivity index (χ4v) is 0.458. The quantitative estimate of drug-likeness (QED) is 0.611. The van der Waals surface area contributed by atoms with E-state index in [1.807, 2.05) is 0 Å². The third-order valence-electron chi connectivity index (χ3n) is 0.832. The van der Waals surface area contributed by atoms with Crippen molar-refractivity contribution in [3.05, 3.63) is 18.2 Å². The molecule has 5 heteroatoms. The van der Waals surface area contributed by atoms with Crippen LogP contribution in [0.1, 0.15) is 17.5 Å². The van der Waals surface area contributed by atoms with Crippen LogP contribution in [-0.2, 0) is 0 Å². The molecule has 0 aliphatic heterocycles. The minimum absolute atomic E-state index is 0. The predicted octanol–water partition coefficient (Wildman–Crippen LogP) is 1.20. The molecule has 0 saturated carbocycles. The predicted molar refractivity (Wildman–Crippen MR) is 40.9 cm³/mol.